The van der Waals surface area contributed by atoms with Crippen molar-refractivity contribution in [1.29, 1.82) is 0 Å². The number of pyridine rings is 1. The van der Waals surface area contributed by atoms with E-state index in [0.29, 0.717) is 13.0 Å². The molecule has 3 N–H and O–H groups in total. The Kier molecular flexibility index (Phi) is 5.63. The van der Waals surface area contributed by atoms with Gasteiger partial charge in [-0.2, -0.15) is 0 Å². The molecule has 1 heterocycles. The molecule has 0 saturated carbocycles. The Bertz CT molecular complexity index is 395. The Balaban J connectivity index is 2.26. The van der Waals surface area contributed by atoms with Gasteiger partial charge in [-0.05, 0) is 31.0 Å². The summed E-state index contributed by atoms with van der Waals surface area (Å²) in [5.41, 5.74) is 0.964. The van der Waals surface area contributed by atoms with Crippen LogP contribution in [0, 0.1) is 0 Å². The lowest BCUT2D eigenvalue weighted by atomic mass is 10.1. The van der Waals surface area contributed by atoms with Crippen LogP contribution in [0.5, 0.6) is 0 Å². The molecule has 0 aliphatic rings. The number of nitrogens with one attached hydrogen (secondary N) is 2. The third-order valence-corrected chi connectivity index (χ3v) is 2.41. The Morgan fingerprint density at radius 2 is 2.06 bits per heavy atom. The van der Waals surface area contributed by atoms with E-state index in [4.69, 9.17) is 5.11 Å². The van der Waals surface area contributed by atoms with Crippen LogP contribution in [-0.4, -0.2) is 28.6 Å². The maximum Gasteiger partial charge on any atom is 0.315 e. The van der Waals surface area contributed by atoms with Crippen molar-refractivity contribution in [2.24, 2.45) is 0 Å². The molecule has 0 saturated heterocycles. The lowest BCUT2D eigenvalue weighted by Gasteiger charge is -2.14. The van der Waals surface area contributed by atoms with Crippen LogP contribution >= 0.6 is 0 Å². The zero-order chi connectivity index (χ0) is 13.4. The van der Waals surface area contributed by atoms with Gasteiger partial charge in [0.25, 0.3) is 0 Å². The Morgan fingerprint density at radius 3 is 2.67 bits per heavy atom. The predicted molar refractivity (Wildman–Crippen MR) is 66.1 cm³/mol. The number of carboxylic acid groups (broad SMARTS) is 1. The first kappa shape index (κ1) is 14.0. The van der Waals surface area contributed by atoms with Crippen LogP contribution < -0.4 is 10.6 Å². The van der Waals surface area contributed by atoms with E-state index in [0.717, 1.165) is 5.56 Å². The molecule has 0 bridgehead atoms. The largest absolute Gasteiger partial charge is 0.481 e. The summed E-state index contributed by atoms with van der Waals surface area (Å²) in [6, 6.07) is 3.24. The second-order valence-electron chi connectivity index (χ2n) is 3.90. The van der Waals surface area contributed by atoms with Crippen molar-refractivity contribution in [3.05, 3.63) is 30.1 Å². The molecule has 6 nitrogen and oxygen atoms in total. The van der Waals surface area contributed by atoms with Gasteiger partial charge in [-0.1, -0.05) is 0 Å². The predicted octanol–water partition coefficient (Wildman–Crippen LogP) is 1.31. The number of amides is 2. The van der Waals surface area contributed by atoms with Gasteiger partial charge < -0.3 is 15.7 Å². The molecule has 6 heteroatoms. The molecular weight excluding hydrogens is 234 g/mol. The fourth-order valence-electron chi connectivity index (χ4n) is 1.42. The molecule has 1 unspecified atom stereocenters. The van der Waals surface area contributed by atoms with Gasteiger partial charge in [0.15, 0.2) is 0 Å². The number of carbonyl (C=O) groups excluding carboxylic acids is 1. The molecule has 1 aromatic heterocycles. The maximum atomic E-state index is 11.5. The van der Waals surface area contributed by atoms with E-state index >= 15 is 0 Å². The van der Waals surface area contributed by atoms with Crippen molar-refractivity contribution in [2.75, 3.05) is 6.54 Å². The van der Waals surface area contributed by atoms with E-state index in [-0.39, 0.29) is 18.5 Å². The van der Waals surface area contributed by atoms with Crippen LogP contribution in [-0.2, 0) is 4.79 Å². The molecule has 1 rings (SSSR count). The number of carbonyl (C=O) groups is 2. The van der Waals surface area contributed by atoms with Gasteiger partial charge in [0.2, 0.25) is 0 Å². The standard InChI is InChI=1S/C12H17N3O3/c1-9(10-4-7-13-8-5-10)15-12(18)14-6-2-3-11(16)17/h4-5,7-9H,2-3,6H2,1H3,(H,16,17)(H2,14,15,18). The van der Waals surface area contributed by atoms with Gasteiger partial charge in [0.05, 0.1) is 6.04 Å². The highest BCUT2D eigenvalue weighted by Gasteiger charge is 2.08. The molecule has 1 aromatic rings. The van der Waals surface area contributed by atoms with Crippen molar-refractivity contribution >= 4 is 12.0 Å². The van der Waals surface area contributed by atoms with Crippen molar-refractivity contribution in [2.45, 2.75) is 25.8 Å². The average molecular weight is 251 g/mol. The Morgan fingerprint density at radius 1 is 1.39 bits per heavy atom. The highest BCUT2D eigenvalue weighted by Crippen LogP contribution is 2.09. The van der Waals surface area contributed by atoms with E-state index in [9.17, 15) is 9.59 Å². The molecule has 0 radical (unpaired) electrons. The number of aromatic nitrogens is 1. The Hall–Kier alpha value is -2.11. The summed E-state index contributed by atoms with van der Waals surface area (Å²) in [6.45, 7) is 2.22. The molecule has 0 aliphatic heterocycles. The number of nitrogens with zero attached hydrogens (tertiary/aromatic N) is 1. The first-order valence-electron chi connectivity index (χ1n) is 5.75. The highest BCUT2D eigenvalue weighted by atomic mass is 16.4. The van der Waals surface area contributed by atoms with E-state index in [1.807, 2.05) is 19.1 Å². The monoisotopic (exact) mass is 251 g/mol. The fourth-order valence-corrected chi connectivity index (χ4v) is 1.42. The van der Waals surface area contributed by atoms with Gasteiger partial charge in [-0.3, -0.25) is 9.78 Å². The number of hydrogen-bond acceptors (Lipinski definition) is 3. The zero-order valence-electron chi connectivity index (χ0n) is 10.2. The smallest absolute Gasteiger partial charge is 0.315 e. The van der Waals surface area contributed by atoms with Crippen LogP contribution in [0.25, 0.3) is 0 Å². The third kappa shape index (κ3) is 5.29. The van der Waals surface area contributed by atoms with Crippen molar-refractivity contribution in [3.8, 4) is 0 Å². The second kappa shape index (κ2) is 7.26. The van der Waals surface area contributed by atoms with Gasteiger partial charge in [-0.25, -0.2) is 4.79 Å². The van der Waals surface area contributed by atoms with E-state index in [2.05, 4.69) is 15.6 Å². The maximum absolute atomic E-state index is 11.5. The van der Waals surface area contributed by atoms with Gasteiger partial charge in [-0.15, -0.1) is 0 Å². The summed E-state index contributed by atoms with van der Waals surface area (Å²) in [5, 5.41) is 13.8. The van der Waals surface area contributed by atoms with Crippen molar-refractivity contribution < 1.29 is 14.7 Å². The average Bonchev–Trinajstić information content (AvgIpc) is 2.35. The number of urea groups is 1. The number of hydrogen-bond donors (Lipinski definition) is 3. The van der Waals surface area contributed by atoms with Gasteiger partial charge >= 0.3 is 12.0 Å². The molecule has 2 amide bonds. The summed E-state index contributed by atoms with van der Waals surface area (Å²) >= 11 is 0. The molecule has 0 aromatic carbocycles. The number of carboxylic acids is 1. The lowest BCUT2D eigenvalue weighted by molar-refractivity contribution is -0.137. The van der Waals surface area contributed by atoms with Crippen molar-refractivity contribution in [1.82, 2.24) is 15.6 Å². The summed E-state index contributed by atoms with van der Waals surface area (Å²) in [6.07, 6.45) is 3.81. The van der Waals surface area contributed by atoms with Gasteiger partial charge in [0.1, 0.15) is 0 Å². The van der Waals surface area contributed by atoms with Crippen LogP contribution in [0.3, 0.4) is 0 Å². The van der Waals surface area contributed by atoms with Crippen LogP contribution in [0.2, 0.25) is 0 Å². The molecular formula is C12H17N3O3. The first-order chi connectivity index (χ1) is 8.59. The molecule has 0 fully saturated rings. The Labute approximate surface area is 105 Å². The highest BCUT2D eigenvalue weighted by molar-refractivity contribution is 5.74. The van der Waals surface area contributed by atoms with E-state index < -0.39 is 5.97 Å². The SMILES string of the molecule is CC(NC(=O)NCCCC(=O)O)c1ccncc1. The summed E-state index contributed by atoms with van der Waals surface area (Å²) in [4.78, 5) is 25.7. The van der Waals surface area contributed by atoms with Crippen molar-refractivity contribution in [3.63, 3.8) is 0 Å². The summed E-state index contributed by atoms with van der Waals surface area (Å²) in [7, 11) is 0. The lowest BCUT2D eigenvalue weighted by Crippen LogP contribution is -2.37. The minimum absolute atomic E-state index is 0.0557. The number of aliphatic carboxylic acids is 1. The summed E-state index contributed by atoms with van der Waals surface area (Å²) < 4.78 is 0. The molecule has 18 heavy (non-hydrogen) atoms. The molecule has 0 spiro atoms. The summed E-state index contributed by atoms with van der Waals surface area (Å²) in [5.74, 6) is -0.859. The fraction of sp³-hybridized carbons (Fsp3) is 0.417. The van der Waals surface area contributed by atoms with Crippen LogP contribution in [0.1, 0.15) is 31.4 Å². The molecule has 98 valence electrons. The number of rotatable bonds is 6. The van der Waals surface area contributed by atoms with E-state index in [1.165, 1.54) is 0 Å². The molecule has 0 aliphatic carbocycles. The minimum Gasteiger partial charge on any atom is -0.481 e. The van der Waals surface area contributed by atoms with Crippen LogP contribution in [0.4, 0.5) is 4.79 Å². The minimum atomic E-state index is -0.859. The van der Waals surface area contributed by atoms with Crippen LogP contribution in [0.15, 0.2) is 24.5 Å². The third-order valence-electron chi connectivity index (χ3n) is 2.41. The van der Waals surface area contributed by atoms with E-state index in [1.54, 1.807) is 12.4 Å². The zero-order valence-corrected chi connectivity index (χ0v) is 10.2. The molecule has 1 atom stereocenters. The topological polar surface area (TPSA) is 91.3 Å². The second-order valence-corrected chi connectivity index (χ2v) is 3.90. The van der Waals surface area contributed by atoms with Gasteiger partial charge in [0, 0.05) is 25.4 Å². The normalized spacial score (nSPS) is 11.6. The quantitative estimate of drug-likeness (QED) is 0.665. The first-order valence-corrected chi connectivity index (χ1v) is 5.75.